The Bertz CT molecular complexity index is 572. The maximum Gasteiger partial charge on any atom is 0.227 e. The van der Waals surface area contributed by atoms with Gasteiger partial charge in [0, 0.05) is 17.5 Å². The second-order valence-electron chi connectivity index (χ2n) is 4.44. The number of carbonyl (C=O) groups is 1. The van der Waals surface area contributed by atoms with Crippen LogP contribution in [0.15, 0.2) is 20.4 Å². The highest BCUT2D eigenvalue weighted by Crippen LogP contribution is 2.23. The van der Waals surface area contributed by atoms with Crippen molar-refractivity contribution in [2.45, 2.75) is 26.8 Å². The van der Waals surface area contributed by atoms with Crippen LogP contribution in [0.25, 0.3) is 0 Å². The molecule has 0 aliphatic rings. The molecular weight excluding hydrogens is 328 g/mol. The normalized spacial score (nSPS) is 10.7. The van der Waals surface area contributed by atoms with Crippen molar-refractivity contribution in [1.82, 2.24) is 10.1 Å². The van der Waals surface area contributed by atoms with Crippen LogP contribution in [-0.2, 0) is 17.8 Å². The van der Waals surface area contributed by atoms with E-state index in [0.29, 0.717) is 13.0 Å². The molecule has 0 saturated heterocycles. The van der Waals surface area contributed by atoms with Crippen molar-refractivity contribution in [2.24, 2.45) is 0 Å². The highest BCUT2D eigenvalue weighted by atomic mass is 79.9. The third-order valence-electron chi connectivity index (χ3n) is 2.96. The summed E-state index contributed by atoms with van der Waals surface area (Å²) in [5.41, 5.74) is 1.68. The lowest BCUT2D eigenvalue weighted by atomic mass is 10.1. The molecule has 0 saturated carbocycles. The molecule has 0 atom stereocenters. The topological polar surface area (TPSA) is 46.3 Å². The standard InChI is InChI=1S/C13H15BrN2O2S/c1-8-11(9(2)18-15-8)6-13(17)16(3)7-10-4-5-12(14)19-10/h4-5H,6-7H2,1-3H3. The molecule has 2 rings (SSSR count). The summed E-state index contributed by atoms with van der Waals surface area (Å²) in [5, 5.41) is 3.87. The number of likely N-dealkylation sites (N-methyl/N-ethyl adjacent to an activating group) is 1. The molecule has 19 heavy (non-hydrogen) atoms. The van der Waals surface area contributed by atoms with Crippen molar-refractivity contribution in [3.05, 3.63) is 37.8 Å². The van der Waals surface area contributed by atoms with Crippen LogP contribution in [0.3, 0.4) is 0 Å². The van der Waals surface area contributed by atoms with Crippen LogP contribution < -0.4 is 0 Å². The van der Waals surface area contributed by atoms with Crippen LogP contribution in [0.1, 0.15) is 21.9 Å². The second-order valence-corrected chi connectivity index (χ2v) is 6.98. The van der Waals surface area contributed by atoms with E-state index < -0.39 is 0 Å². The number of amides is 1. The number of nitrogens with zero attached hydrogens (tertiary/aromatic N) is 2. The Labute approximate surface area is 124 Å². The SMILES string of the molecule is Cc1noc(C)c1CC(=O)N(C)Cc1ccc(Br)s1. The summed E-state index contributed by atoms with van der Waals surface area (Å²) < 4.78 is 6.15. The number of aryl methyl sites for hydroxylation is 2. The number of halogens is 1. The third-order valence-corrected chi connectivity index (χ3v) is 4.57. The van der Waals surface area contributed by atoms with Gasteiger partial charge in [0.05, 0.1) is 22.4 Å². The van der Waals surface area contributed by atoms with Gasteiger partial charge < -0.3 is 9.42 Å². The Morgan fingerprint density at radius 2 is 2.21 bits per heavy atom. The van der Waals surface area contributed by atoms with E-state index in [9.17, 15) is 4.79 Å². The summed E-state index contributed by atoms with van der Waals surface area (Å²) in [7, 11) is 1.81. The molecule has 0 aliphatic heterocycles. The van der Waals surface area contributed by atoms with Gasteiger partial charge in [-0.15, -0.1) is 11.3 Å². The average molecular weight is 343 g/mol. The van der Waals surface area contributed by atoms with Crippen molar-refractivity contribution < 1.29 is 9.32 Å². The van der Waals surface area contributed by atoms with E-state index in [1.807, 2.05) is 33.0 Å². The molecule has 0 aromatic carbocycles. The molecule has 0 fully saturated rings. The van der Waals surface area contributed by atoms with Gasteiger partial charge in [-0.1, -0.05) is 5.16 Å². The van der Waals surface area contributed by atoms with E-state index in [1.165, 1.54) is 0 Å². The maximum absolute atomic E-state index is 12.2. The molecule has 0 N–H and O–H groups in total. The molecule has 0 radical (unpaired) electrons. The second kappa shape index (κ2) is 5.88. The van der Waals surface area contributed by atoms with E-state index in [0.717, 1.165) is 25.7 Å². The predicted molar refractivity (Wildman–Crippen MR) is 78.2 cm³/mol. The average Bonchev–Trinajstić information content (AvgIpc) is 2.89. The van der Waals surface area contributed by atoms with Crippen molar-refractivity contribution >= 4 is 33.2 Å². The smallest absolute Gasteiger partial charge is 0.227 e. The van der Waals surface area contributed by atoms with Crippen LogP contribution in [0.2, 0.25) is 0 Å². The van der Waals surface area contributed by atoms with Crippen LogP contribution >= 0.6 is 27.3 Å². The first-order valence-electron chi connectivity index (χ1n) is 5.87. The Morgan fingerprint density at radius 3 is 2.74 bits per heavy atom. The fraction of sp³-hybridized carbons (Fsp3) is 0.385. The zero-order valence-electron chi connectivity index (χ0n) is 11.1. The van der Waals surface area contributed by atoms with Gasteiger partial charge in [0.15, 0.2) is 0 Å². The van der Waals surface area contributed by atoms with E-state index >= 15 is 0 Å². The number of hydrogen-bond acceptors (Lipinski definition) is 4. The zero-order valence-corrected chi connectivity index (χ0v) is 13.5. The monoisotopic (exact) mass is 342 g/mol. The number of hydrogen-bond donors (Lipinski definition) is 0. The van der Waals surface area contributed by atoms with Crippen LogP contribution in [0.5, 0.6) is 0 Å². The summed E-state index contributed by atoms with van der Waals surface area (Å²) in [6.45, 7) is 4.31. The van der Waals surface area contributed by atoms with Crippen LogP contribution in [0.4, 0.5) is 0 Å². The molecule has 2 aromatic heterocycles. The lowest BCUT2D eigenvalue weighted by molar-refractivity contribution is -0.129. The van der Waals surface area contributed by atoms with Crippen LogP contribution in [0, 0.1) is 13.8 Å². The predicted octanol–water partition coefficient (Wildman–Crippen LogP) is 3.32. The zero-order chi connectivity index (χ0) is 14.0. The molecule has 0 aliphatic carbocycles. The number of rotatable bonds is 4. The molecule has 4 nitrogen and oxygen atoms in total. The Hall–Kier alpha value is -1.14. The molecule has 1 amide bonds. The van der Waals surface area contributed by atoms with Crippen molar-refractivity contribution in [3.63, 3.8) is 0 Å². The first kappa shape index (κ1) is 14.3. The third kappa shape index (κ3) is 3.45. The van der Waals surface area contributed by atoms with Gasteiger partial charge in [-0.05, 0) is 41.9 Å². The van der Waals surface area contributed by atoms with Crippen molar-refractivity contribution in [3.8, 4) is 0 Å². The molecule has 2 heterocycles. The maximum atomic E-state index is 12.2. The minimum Gasteiger partial charge on any atom is -0.361 e. The Kier molecular flexibility index (Phi) is 4.42. The number of aromatic nitrogens is 1. The summed E-state index contributed by atoms with van der Waals surface area (Å²) in [6.07, 6.45) is 0.338. The fourth-order valence-electron chi connectivity index (χ4n) is 1.80. The van der Waals surface area contributed by atoms with E-state index in [4.69, 9.17) is 4.52 Å². The molecular formula is C13H15BrN2O2S. The molecule has 6 heteroatoms. The number of carbonyl (C=O) groups excluding carboxylic acids is 1. The van der Waals surface area contributed by atoms with E-state index in [1.54, 1.807) is 16.2 Å². The van der Waals surface area contributed by atoms with Gasteiger partial charge >= 0.3 is 0 Å². The summed E-state index contributed by atoms with van der Waals surface area (Å²) >= 11 is 5.06. The Balaban J connectivity index is 2.00. The number of thiophene rings is 1. The van der Waals surface area contributed by atoms with Gasteiger partial charge in [-0.3, -0.25) is 4.79 Å². The molecule has 0 unspecified atom stereocenters. The minimum atomic E-state index is 0.0684. The van der Waals surface area contributed by atoms with Crippen molar-refractivity contribution in [2.75, 3.05) is 7.05 Å². The lowest BCUT2D eigenvalue weighted by Gasteiger charge is -2.16. The summed E-state index contributed by atoms with van der Waals surface area (Å²) in [4.78, 5) is 15.1. The van der Waals surface area contributed by atoms with Gasteiger partial charge in [-0.25, -0.2) is 0 Å². The highest BCUT2D eigenvalue weighted by Gasteiger charge is 2.16. The van der Waals surface area contributed by atoms with Gasteiger partial charge in [0.2, 0.25) is 5.91 Å². The van der Waals surface area contributed by atoms with E-state index in [2.05, 4.69) is 21.1 Å². The van der Waals surface area contributed by atoms with Gasteiger partial charge in [0.1, 0.15) is 5.76 Å². The summed E-state index contributed by atoms with van der Waals surface area (Å²) in [6, 6.07) is 4.01. The van der Waals surface area contributed by atoms with E-state index in [-0.39, 0.29) is 5.91 Å². The molecule has 0 bridgehead atoms. The molecule has 2 aromatic rings. The largest absolute Gasteiger partial charge is 0.361 e. The lowest BCUT2D eigenvalue weighted by Crippen LogP contribution is -2.27. The van der Waals surface area contributed by atoms with Gasteiger partial charge in [-0.2, -0.15) is 0 Å². The fourth-order valence-corrected chi connectivity index (χ4v) is 3.34. The molecule has 0 spiro atoms. The highest BCUT2D eigenvalue weighted by molar-refractivity contribution is 9.11. The van der Waals surface area contributed by atoms with Gasteiger partial charge in [0.25, 0.3) is 0 Å². The van der Waals surface area contributed by atoms with Crippen molar-refractivity contribution in [1.29, 1.82) is 0 Å². The van der Waals surface area contributed by atoms with Crippen LogP contribution in [-0.4, -0.2) is 23.0 Å². The Morgan fingerprint density at radius 1 is 1.47 bits per heavy atom. The quantitative estimate of drug-likeness (QED) is 0.856. The first-order valence-corrected chi connectivity index (χ1v) is 7.48. The first-order chi connectivity index (χ1) is 8.97. The minimum absolute atomic E-state index is 0.0684. The summed E-state index contributed by atoms with van der Waals surface area (Å²) in [5.74, 6) is 0.789. The molecule has 102 valence electrons.